The van der Waals surface area contributed by atoms with E-state index >= 15 is 0 Å². The van der Waals surface area contributed by atoms with Gasteiger partial charge in [-0.2, -0.15) is 0 Å². The summed E-state index contributed by atoms with van der Waals surface area (Å²) in [6.07, 6.45) is 3.73. The van der Waals surface area contributed by atoms with Crippen molar-refractivity contribution in [3.63, 3.8) is 0 Å². The molecule has 2 aromatic rings. The number of aliphatic carboxylic acids is 2. The molecule has 1 aliphatic carbocycles. The van der Waals surface area contributed by atoms with E-state index in [0.717, 1.165) is 16.7 Å². The molecule has 1 aliphatic rings. The molecule has 0 atom stereocenters. The highest BCUT2D eigenvalue weighted by molar-refractivity contribution is 6.05. The zero-order chi connectivity index (χ0) is 17.9. The molecule has 0 saturated carbocycles. The Morgan fingerprint density at radius 2 is 1.24 bits per heavy atom. The van der Waals surface area contributed by atoms with Crippen LogP contribution in [0.3, 0.4) is 0 Å². The van der Waals surface area contributed by atoms with E-state index in [2.05, 4.69) is 0 Å². The average Bonchev–Trinajstić information content (AvgIpc) is 2.96. The van der Waals surface area contributed by atoms with Gasteiger partial charge in [0.25, 0.3) is 0 Å². The van der Waals surface area contributed by atoms with Gasteiger partial charge in [0.05, 0.1) is 0 Å². The summed E-state index contributed by atoms with van der Waals surface area (Å²) in [6.45, 7) is 0. The van der Waals surface area contributed by atoms with E-state index in [0.29, 0.717) is 12.0 Å². The third-order valence-electron chi connectivity index (χ3n) is 4.53. The SMILES string of the molecule is O=C(O)C1(C(=O)O)C=CC(Cc2ccccc2)=C1Cc1ccccc1. The molecule has 0 spiro atoms. The summed E-state index contributed by atoms with van der Waals surface area (Å²) in [7, 11) is 0. The van der Waals surface area contributed by atoms with Gasteiger partial charge in [-0.3, -0.25) is 9.59 Å². The third kappa shape index (κ3) is 3.11. The summed E-state index contributed by atoms with van der Waals surface area (Å²) in [4.78, 5) is 23.8. The number of carboxylic acids is 2. The van der Waals surface area contributed by atoms with Crippen LogP contribution < -0.4 is 0 Å². The van der Waals surface area contributed by atoms with E-state index in [1.54, 1.807) is 6.08 Å². The normalized spacial score (nSPS) is 15.4. The molecule has 0 aromatic heterocycles. The van der Waals surface area contributed by atoms with Gasteiger partial charge < -0.3 is 10.2 Å². The second-order valence-corrected chi connectivity index (χ2v) is 6.08. The van der Waals surface area contributed by atoms with Crippen molar-refractivity contribution >= 4 is 11.9 Å². The lowest BCUT2D eigenvalue weighted by Crippen LogP contribution is -2.39. The van der Waals surface area contributed by atoms with E-state index in [4.69, 9.17) is 0 Å². The molecule has 3 rings (SSSR count). The number of rotatable bonds is 6. The van der Waals surface area contributed by atoms with Crippen LogP contribution in [0.1, 0.15) is 11.1 Å². The Morgan fingerprint density at radius 3 is 1.72 bits per heavy atom. The van der Waals surface area contributed by atoms with Gasteiger partial charge in [0.15, 0.2) is 0 Å². The molecule has 0 unspecified atom stereocenters. The first-order valence-corrected chi connectivity index (χ1v) is 8.00. The Bertz CT molecular complexity index is 834. The third-order valence-corrected chi connectivity index (χ3v) is 4.53. The highest BCUT2D eigenvalue weighted by Crippen LogP contribution is 2.41. The minimum absolute atomic E-state index is 0.286. The van der Waals surface area contributed by atoms with Crippen molar-refractivity contribution in [3.8, 4) is 0 Å². The Morgan fingerprint density at radius 1 is 0.760 bits per heavy atom. The molecule has 0 radical (unpaired) electrons. The summed E-state index contributed by atoms with van der Waals surface area (Å²) in [6, 6.07) is 19.0. The van der Waals surface area contributed by atoms with Crippen molar-refractivity contribution in [1.29, 1.82) is 0 Å². The smallest absolute Gasteiger partial charge is 0.329 e. The van der Waals surface area contributed by atoms with Crippen molar-refractivity contribution in [2.75, 3.05) is 0 Å². The molecule has 0 fully saturated rings. The van der Waals surface area contributed by atoms with E-state index in [1.807, 2.05) is 60.7 Å². The minimum Gasteiger partial charge on any atom is -0.480 e. The summed E-state index contributed by atoms with van der Waals surface area (Å²) < 4.78 is 0. The minimum atomic E-state index is -2.00. The van der Waals surface area contributed by atoms with Gasteiger partial charge in [0, 0.05) is 0 Å². The fourth-order valence-corrected chi connectivity index (χ4v) is 3.21. The Kier molecular flexibility index (Phi) is 4.52. The zero-order valence-corrected chi connectivity index (χ0v) is 13.6. The zero-order valence-electron chi connectivity index (χ0n) is 13.6. The first-order valence-electron chi connectivity index (χ1n) is 8.00. The second kappa shape index (κ2) is 6.77. The van der Waals surface area contributed by atoms with Gasteiger partial charge in [0.2, 0.25) is 5.41 Å². The summed E-state index contributed by atoms with van der Waals surface area (Å²) in [5.74, 6) is -2.71. The molecule has 0 heterocycles. The number of carboxylic acid groups (broad SMARTS) is 2. The predicted molar refractivity (Wildman–Crippen MR) is 94.2 cm³/mol. The van der Waals surface area contributed by atoms with Crippen LogP contribution in [0.5, 0.6) is 0 Å². The molecule has 0 aliphatic heterocycles. The number of allylic oxidation sites excluding steroid dienone is 2. The van der Waals surface area contributed by atoms with Crippen LogP contribution in [-0.4, -0.2) is 22.2 Å². The van der Waals surface area contributed by atoms with Crippen LogP contribution in [0.4, 0.5) is 0 Å². The van der Waals surface area contributed by atoms with Crippen LogP contribution >= 0.6 is 0 Å². The highest BCUT2D eigenvalue weighted by atomic mass is 16.4. The summed E-state index contributed by atoms with van der Waals surface area (Å²) in [5.41, 5.74) is 1.07. The largest absolute Gasteiger partial charge is 0.480 e. The van der Waals surface area contributed by atoms with Crippen molar-refractivity contribution in [2.45, 2.75) is 12.8 Å². The predicted octanol–water partition coefficient (Wildman–Crippen LogP) is 3.49. The maximum absolute atomic E-state index is 11.9. The van der Waals surface area contributed by atoms with Gasteiger partial charge >= 0.3 is 11.9 Å². The number of hydrogen-bond acceptors (Lipinski definition) is 2. The Labute approximate surface area is 145 Å². The van der Waals surface area contributed by atoms with E-state index in [9.17, 15) is 19.8 Å². The molecular weight excluding hydrogens is 316 g/mol. The highest BCUT2D eigenvalue weighted by Gasteiger charge is 2.50. The summed E-state index contributed by atoms with van der Waals surface area (Å²) >= 11 is 0. The van der Waals surface area contributed by atoms with E-state index in [1.165, 1.54) is 6.08 Å². The van der Waals surface area contributed by atoms with Gasteiger partial charge in [-0.15, -0.1) is 0 Å². The molecule has 126 valence electrons. The second-order valence-electron chi connectivity index (χ2n) is 6.08. The molecule has 0 bridgehead atoms. The van der Waals surface area contributed by atoms with Crippen molar-refractivity contribution in [1.82, 2.24) is 0 Å². The van der Waals surface area contributed by atoms with Crippen molar-refractivity contribution in [3.05, 3.63) is 95.1 Å². The molecular formula is C21H18O4. The van der Waals surface area contributed by atoms with Crippen LogP contribution in [0.2, 0.25) is 0 Å². The fourth-order valence-electron chi connectivity index (χ4n) is 3.21. The molecule has 2 N–H and O–H groups in total. The molecule has 4 nitrogen and oxygen atoms in total. The van der Waals surface area contributed by atoms with Crippen molar-refractivity contribution < 1.29 is 19.8 Å². The number of hydrogen-bond donors (Lipinski definition) is 2. The quantitative estimate of drug-likeness (QED) is 0.793. The first kappa shape index (κ1) is 16.7. The Hall–Kier alpha value is -3.14. The monoisotopic (exact) mass is 334 g/mol. The van der Waals surface area contributed by atoms with Crippen LogP contribution in [0.25, 0.3) is 0 Å². The lowest BCUT2D eigenvalue weighted by Gasteiger charge is -2.23. The topological polar surface area (TPSA) is 74.6 Å². The van der Waals surface area contributed by atoms with Crippen LogP contribution in [0.15, 0.2) is 84.0 Å². The maximum atomic E-state index is 11.9. The Balaban J connectivity index is 2.07. The van der Waals surface area contributed by atoms with Gasteiger partial charge in [-0.25, -0.2) is 0 Å². The van der Waals surface area contributed by atoms with Crippen LogP contribution in [0, 0.1) is 5.41 Å². The molecule has 0 amide bonds. The number of carbonyl (C=O) groups is 2. The number of benzene rings is 2. The molecule has 4 heteroatoms. The standard InChI is InChI=1S/C21H18O4/c22-19(23)21(20(24)25)12-11-17(13-15-7-3-1-4-8-15)18(21)14-16-9-5-2-6-10-16/h1-12H,13-14H2,(H,22,23)(H,24,25). The maximum Gasteiger partial charge on any atom is 0.329 e. The lowest BCUT2D eigenvalue weighted by atomic mass is 9.78. The fraction of sp³-hybridized carbons (Fsp3) is 0.143. The van der Waals surface area contributed by atoms with E-state index in [-0.39, 0.29) is 6.42 Å². The van der Waals surface area contributed by atoms with Crippen molar-refractivity contribution in [2.24, 2.45) is 5.41 Å². The van der Waals surface area contributed by atoms with Gasteiger partial charge in [0.1, 0.15) is 0 Å². The van der Waals surface area contributed by atoms with Gasteiger partial charge in [-0.05, 0) is 35.1 Å². The summed E-state index contributed by atoms with van der Waals surface area (Å²) in [5, 5.41) is 19.4. The van der Waals surface area contributed by atoms with E-state index < -0.39 is 17.4 Å². The molecule has 0 saturated heterocycles. The molecule has 2 aromatic carbocycles. The lowest BCUT2D eigenvalue weighted by molar-refractivity contribution is -0.157. The molecule has 25 heavy (non-hydrogen) atoms. The van der Waals surface area contributed by atoms with Gasteiger partial charge in [-0.1, -0.05) is 72.8 Å². The average molecular weight is 334 g/mol. The first-order chi connectivity index (χ1) is 12.0. The van der Waals surface area contributed by atoms with Crippen LogP contribution in [-0.2, 0) is 22.4 Å².